The number of nitrogens with two attached hydrogens (primary N) is 1. The van der Waals surface area contributed by atoms with Crippen LogP contribution >= 0.6 is 15.9 Å². The van der Waals surface area contributed by atoms with Crippen LogP contribution in [0, 0.1) is 11.8 Å². The highest BCUT2D eigenvalue weighted by Gasteiger charge is 2.48. The Balaban J connectivity index is 2.09. The second kappa shape index (κ2) is 5.62. The molecule has 4 N–H and O–H groups in total. The quantitative estimate of drug-likeness (QED) is 0.736. The van der Waals surface area contributed by atoms with Gasteiger partial charge in [0.05, 0.1) is 11.8 Å². The normalized spacial score (nSPS) is 21.9. The van der Waals surface area contributed by atoms with Crippen LogP contribution < -0.4 is 11.1 Å². The Kier molecular flexibility index (Phi) is 4.08. The largest absolute Gasteiger partial charge is 0.481 e. The van der Waals surface area contributed by atoms with E-state index in [1.807, 2.05) is 0 Å². The fraction of sp³-hybridized carbons (Fsp3) is 0.308. The van der Waals surface area contributed by atoms with Crippen molar-refractivity contribution in [1.29, 1.82) is 0 Å². The fourth-order valence-electron chi connectivity index (χ4n) is 2.01. The van der Waals surface area contributed by atoms with Gasteiger partial charge in [-0.05, 0) is 24.1 Å². The van der Waals surface area contributed by atoms with E-state index in [0.29, 0.717) is 12.0 Å². The molecule has 0 radical (unpaired) electrons. The van der Waals surface area contributed by atoms with E-state index in [4.69, 9.17) is 10.8 Å². The molecule has 0 spiro atoms. The van der Waals surface area contributed by atoms with Crippen LogP contribution in [0.5, 0.6) is 0 Å². The summed E-state index contributed by atoms with van der Waals surface area (Å²) in [6.07, 6.45) is 0.297. The highest BCUT2D eigenvalue weighted by Crippen LogP contribution is 2.39. The molecule has 6 nitrogen and oxygen atoms in total. The van der Waals surface area contributed by atoms with Crippen molar-refractivity contribution < 1.29 is 19.5 Å². The summed E-state index contributed by atoms with van der Waals surface area (Å²) in [5.41, 5.74) is 5.85. The maximum absolute atomic E-state index is 11.9. The molecular weight excluding hydrogens is 328 g/mol. The number of hydrogen-bond acceptors (Lipinski definition) is 3. The van der Waals surface area contributed by atoms with Gasteiger partial charge in [0.2, 0.25) is 11.8 Å². The van der Waals surface area contributed by atoms with Crippen molar-refractivity contribution in [2.24, 2.45) is 17.6 Å². The molecule has 3 unspecified atom stereocenters. The third-order valence-electron chi connectivity index (χ3n) is 3.20. The molecule has 1 aliphatic carbocycles. The Morgan fingerprint density at radius 1 is 1.35 bits per heavy atom. The van der Waals surface area contributed by atoms with Crippen molar-refractivity contribution >= 4 is 33.7 Å². The number of amides is 2. The minimum Gasteiger partial charge on any atom is -0.481 e. The van der Waals surface area contributed by atoms with Crippen molar-refractivity contribution in [3.8, 4) is 0 Å². The van der Waals surface area contributed by atoms with Gasteiger partial charge in [-0.3, -0.25) is 14.4 Å². The molecule has 1 aliphatic rings. The first-order valence-electron chi connectivity index (χ1n) is 5.98. The standard InChI is InChI=1S/C13H13BrN2O4/c14-7-3-1-2-6(4-7)10(11(15)17)16-12(18)8-5-9(8)13(19)20/h1-4,8-10H,5H2,(H2,15,17)(H,16,18)(H,19,20). The number of halogens is 1. The minimum absolute atomic E-state index is 0.297. The molecule has 3 atom stereocenters. The van der Waals surface area contributed by atoms with Gasteiger partial charge >= 0.3 is 5.97 Å². The van der Waals surface area contributed by atoms with Gasteiger partial charge in [0, 0.05) is 4.47 Å². The molecular formula is C13H13BrN2O4. The van der Waals surface area contributed by atoms with Crippen LogP contribution in [0.15, 0.2) is 28.7 Å². The van der Waals surface area contributed by atoms with E-state index in [1.54, 1.807) is 24.3 Å². The number of aliphatic carboxylic acids is 1. The summed E-state index contributed by atoms with van der Waals surface area (Å²) in [6.45, 7) is 0. The van der Waals surface area contributed by atoms with Crippen molar-refractivity contribution in [3.63, 3.8) is 0 Å². The summed E-state index contributed by atoms with van der Waals surface area (Å²) < 4.78 is 0.755. The lowest BCUT2D eigenvalue weighted by Crippen LogP contribution is -2.38. The third kappa shape index (κ3) is 3.16. The Labute approximate surface area is 123 Å². The van der Waals surface area contributed by atoms with Crippen LogP contribution in [0.3, 0.4) is 0 Å². The average Bonchev–Trinajstić information content (AvgIpc) is 3.15. The zero-order valence-corrected chi connectivity index (χ0v) is 12.0. The summed E-state index contributed by atoms with van der Waals surface area (Å²) in [4.78, 5) is 34.1. The molecule has 7 heteroatoms. The molecule has 20 heavy (non-hydrogen) atoms. The van der Waals surface area contributed by atoms with Crippen molar-refractivity contribution in [2.75, 3.05) is 0 Å². The molecule has 1 fully saturated rings. The molecule has 1 aromatic rings. The molecule has 0 aromatic heterocycles. The molecule has 2 rings (SSSR count). The number of carbonyl (C=O) groups is 3. The number of carbonyl (C=O) groups excluding carboxylic acids is 2. The van der Waals surface area contributed by atoms with E-state index in [9.17, 15) is 14.4 Å². The fourth-order valence-corrected chi connectivity index (χ4v) is 2.43. The number of rotatable bonds is 5. The van der Waals surface area contributed by atoms with Crippen LogP contribution in [-0.4, -0.2) is 22.9 Å². The summed E-state index contributed by atoms with van der Waals surface area (Å²) in [7, 11) is 0. The third-order valence-corrected chi connectivity index (χ3v) is 3.69. The Morgan fingerprint density at radius 2 is 2.05 bits per heavy atom. The van der Waals surface area contributed by atoms with E-state index in [-0.39, 0.29) is 0 Å². The van der Waals surface area contributed by atoms with Gasteiger partial charge in [-0.1, -0.05) is 28.1 Å². The lowest BCUT2D eigenvalue weighted by Gasteiger charge is -2.16. The molecule has 0 aliphatic heterocycles. The Morgan fingerprint density at radius 3 is 2.55 bits per heavy atom. The lowest BCUT2D eigenvalue weighted by molar-refractivity contribution is -0.140. The van der Waals surface area contributed by atoms with E-state index < -0.39 is 35.7 Å². The van der Waals surface area contributed by atoms with E-state index >= 15 is 0 Å². The number of carboxylic acids is 1. The molecule has 106 valence electrons. The highest BCUT2D eigenvalue weighted by molar-refractivity contribution is 9.10. The highest BCUT2D eigenvalue weighted by atomic mass is 79.9. The number of primary amides is 1. The van der Waals surface area contributed by atoms with Crippen molar-refractivity contribution in [3.05, 3.63) is 34.3 Å². The van der Waals surface area contributed by atoms with Gasteiger partial charge in [0.25, 0.3) is 0 Å². The van der Waals surface area contributed by atoms with Gasteiger partial charge in [-0.2, -0.15) is 0 Å². The molecule has 0 saturated heterocycles. The zero-order chi connectivity index (χ0) is 14.9. The number of hydrogen-bond donors (Lipinski definition) is 3. The van der Waals surface area contributed by atoms with Gasteiger partial charge in [-0.25, -0.2) is 0 Å². The molecule has 0 heterocycles. The van der Waals surface area contributed by atoms with Crippen LogP contribution in [-0.2, 0) is 14.4 Å². The van der Waals surface area contributed by atoms with E-state index in [0.717, 1.165) is 4.47 Å². The first-order valence-corrected chi connectivity index (χ1v) is 6.77. The van der Waals surface area contributed by atoms with Crippen LogP contribution in [0.1, 0.15) is 18.0 Å². The average molecular weight is 341 g/mol. The van der Waals surface area contributed by atoms with Gasteiger partial charge in [0.15, 0.2) is 0 Å². The van der Waals surface area contributed by atoms with Crippen LogP contribution in [0.4, 0.5) is 0 Å². The number of benzene rings is 1. The number of nitrogens with one attached hydrogen (secondary N) is 1. The Bertz CT molecular complexity index is 575. The second-order valence-corrected chi connectivity index (χ2v) is 5.60. The Hall–Kier alpha value is -1.89. The topological polar surface area (TPSA) is 109 Å². The maximum Gasteiger partial charge on any atom is 0.307 e. The summed E-state index contributed by atoms with van der Waals surface area (Å²) in [6, 6.07) is 5.89. The summed E-state index contributed by atoms with van der Waals surface area (Å²) in [5, 5.41) is 11.3. The predicted octanol–water partition coefficient (Wildman–Crippen LogP) is 0.812. The van der Waals surface area contributed by atoms with Crippen LogP contribution in [0.2, 0.25) is 0 Å². The summed E-state index contributed by atoms with van der Waals surface area (Å²) >= 11 is 3.27. The zero-order valence-electron chi connectivity index (χ0n) is 10.4. The van der Waals surface area contributed by atoms with Crippen molar-refractivity contribution in [2.45, 2.75) is 12.5 Å². The van der Waals surface area contributed by atoms with Crippen molar-refractivity contribution in [1.82, 2.24) is 5.32 Å². The van der Waals surface area contributed by atoms with Crippen LogP contribution in [0.25, 0.3) is 0 Å². The van der Waals surface area contributed by atoms with E-state index in [1.165, 1.54) is 0 Å². The maximum atomic E-state index is 11.9. The van der Waals surface area contributed by atoms with Gasteiger partial charge in [-0.15, -0.1) is 0 Å². The lowest BCUT2D eigenvalue weighted by atomic mass is 10.1. The predicted molar refractivity (Wildman–Crippen MR) is 73.5 cm³/mol. The van der Waals surface area contributed by atoms with E-state index in [2.05, 4.69) is 21.2 Å². The van der Waals surface area contributed by atoms with Gasteiger partial charge in [0.1, 0.15) is 6.04 Å². The minimum atomic E-state index is -0.997. The monoisotopic (exact) mass is 340 g/mol. The molecule has 2 amide bonds. The second-order valence-electron chi connectivity index (χ2n) is 4.69. The first kappa shape index (κ1) is 14.5. The van der Waals surface area contributed by atoms with Gasteiger partial charge < -0.3 is 16.2 Å². The number of carboxylic acid groups (broad SMARTS) is 1. The SMILES string of the molecule is NC(=O)C(NC(=O)C1CC1C(=O)O)c1cccc(Br)c1. The molecule has 1 saturated carbocycles. The molecule has 0 bridgehead atoms. The summed E-state index contributed by atoms with van der Waals surface area (Å²) in [5.74, 6) is -3.39. The molecule has 1 aromatic carbocycles. The smallest absolute Gasteiger partial charge is 0.307 e. The first-order chi connectivity index (χ1) is 9.40.